The lowest BCUT2D eigenvalue weighted by Crippen LogP contribution is -2.04. The van der Waals surface area contributed by atoms with Crippen molar-refractivity contribution in [3.05, 3.63) is 34.6 Å². The van der Waals surface area contributed by atoms with Crippen LogP contribution in [-0.2, 0) is 13.0 Å². The number of hydrogen-bond donors (Lipinski definition) is 1. The number of thiazole rings is 1. The van der Waals surface area contributed by atoms with Crippen LogP contribution in [0.5, 0.6) is 0 Å². The molecule has 0 amide bonds. The summed E-state index contributed by atoms with van der Waals surface area (Å²) in [4.78, 5) is 10.1. The van der Waals surface area contributed by atoms with Gasteiger partial charge >= 0.3 is 0 Å². The van der Waals surface area contributed by atoms with Gasteiger partial charge in [-0.15, -0.1) is 11.3 Å². The van der Waals surface area contributed by atoms with Crippen molar-refractivity contribution in [1.29, 1.82) is 0 Å². The highest BCUT2D eigenvalue weighted by Crippen LogP contribution is 2.30. The van der Waals surface area contributed by atoms with Crippen molar-refractivity contribution in [2.75, 3.05) is 7.05 Å². The molecule has 0 saturated carbocycles. The average molecular weight is 247 g/mol. The summed E-state index contributed by atoms with van der Waals surface area (Å²) in [6, 6.07) is 2.06. The van der Waals surface area contributed by atoms with E-state index in [2.05, 4.69) is 35.2 Å². The third-order valence-corrected chi connectivity index (χ3v) is 3.94. The van der Waals surface area contributed by atoms with E-state index in [4.69, 9.17) is 0 Å². The third kappa shape index (κ3) is 2.53. The molecule has 2 aromatic rings. The van der Waals surface area contributed by atoms with Gasteiger partial charge in [-0.2, -0.15) is 0 Å². The molecule has 0 spiro atoms. The lowest BCUT2D eigenvalue weighted by Gasteiger charge is -2.02. The van der Waals surface area contributed by atoms with Crippen LogP contribution in [-0.4, -0.2) is 17.0 Å². The van der Waals surface area contributed by atoms with E-state index in [9.17, 15) is 0 Å². The summed E-state index contributed by atoms with van der Waals surface area (Å²) in [5, 5.41) is 4.28. The number of aryl methyl sites for hydroxylation is 2. The van der Waals surface area contributed by atoms with E-state index in [0.29, 0.717) is 0 Å². The second-order valence-corrected chi connectivity index (χ2v) is 5.03. The fourth-order valence-corrected chi connectivity index (χ4v) is 2.92. The monoisotopic (exact) mass is 247 g/mol. The summed E-state index contributed by atoms with van der Waals surface area (Å²) in [6.07, 6.45) is 4.76. The van der Waals surface area contributed by atoms with Gasteiger partial charge in [-0.25, -0.2) is 4.98 Å². The molecule has 0 radical (unpaired) electrons. The van der Waals surface area contributed by atoms with Crippen LogP contribution in [0.25, 0.3) is 10.6 Å². The molecule has 0 atom stereocenters. The number of rotatable bonds is 4. The summed E-state index contributed by atoms with van der Waals surface area (Å²) in [7, 11) is 1.96. The Labute approximate surface area is 106 Å². The molecule has 0 aliphatic heterocycles. The molecule has 90 valence electrons. The molecule has 0 aromatic carbocycles. The lowest BCUT2D eigenvalue weighted by molar-refractivity contribution is 0.823. The van der Waals surface area contributed by atoms with E-state index in [1.807, 2.05) is 19.4 Å². The van der Waals surface area contributed by atoms with Crippen molar-refractivity contribution >= 4 is 11.3 Å². The first kappa shape index (κ1) is 12.2. The fourth-order valence-electron chi connectivity index (χ4n) is 1.79. The maximum atomic E-state index is 4.66. The van der Waals surface area contributed by atoms with Gasteiger partial charge < -0.3 is 5.32 Å². The molecule has 4 heteroatoms. The van der Waals surface area contributed by atoms with Crippen molar-refractivity contribution in [3.8, 4) is 10.6 Å². The third-order valence-electron chi connectivity index (χ3n) is 2.74. The lowest BCUT2D eigenvalue weighted by atomic mass is 10.1. The molecule has 2 heterocycles. The second kappa shape index (κ2) is 5.38. The molecular formula is C13H17N3S. The summed E-state index contributed by atoms with van der Waals surface area (Å²) < 4.78 is 0. The fraction of sp³-hybridized carbons (Fsp3) is 0.385. The van der Waals surface area contributed by atoms with Gasteiger partial charge in [-0.3, -0.25) is 4.98 Å². The molecule has 3 nitrogen and oxygen atoms in total. The Hall–Kier alpha value is -1.26. The van der Waals surface area contributed by atoms with Gasteiger partial charge in [0.2, 0.25) is 0 Å². The van der Waals surface area contributed by atoms with Crippen LogP contribution in [0.3, 0.4) is 0 Å². The maximum Gasteiger partial charge on any atom is 0.124 e. The molecule has 0 saturated heterocycles. The number of nitrogens with one attached hydrogen (secondary N) is 1. The van der Waals surface area contributed by atoms with E-state index >= 15 is 0 Å². The summed E-state index contributed by atoms with van der Waals surface area (Å²) in [5.74, 6) is 0. The molecule has 17 heavy (non-hydrogen) atoms. The van der Waals surface area contributed by atoms with Crippen LogP contribution in [0.4, 0.5) is 0 Å². The minimum absolute atomic E-state index is 0.885. The van der Waals surface area contributed by atoms with Gasteiger partial charge in [0.1, 0.15) is 5.01 Å². The smallest absolute Gasteiger partial charge is 0.124 e. The number of hydrogen-bond acceptors (Lipinski definition) is 4. The molecule has 1 N–H and O–H groups in total. The van der Waals surface area contributed by atoms with Gasteiger partial charge in [-0.1, -0.05) is 6.92 Å². The quantitative estimate of drug-likeness (QED) is 0.902. The zero-order valence-electron chi connectivity index (χ0n) is 10.4. The van der Waals surface area contributed by atoms with Crippen LogP contribution < -0.4 is 5.32 Å². The van der Waals surface area contributed by atoms with E-state index in [1.54, 1.807) is 11.3 Å². The molecule has 0 aliphatic rings. The summed E-state index contributed by atoms with van der Waals surface area (Å²) >= 11 is 1.77. The van der Waals surface area contributed by atoms with Gasteiger partial charge in [0.25, 0.3) is 0 Å². The summed E-state index contributed by atoms with van der Waals surface area (Å²) in [6.45, 7) is 5.10. The predicted molar refractivity (Wildman–Crippen MR) is 72.2 cm³/mol. The van der Waals surface area contributed by atoms with Crippen LogP contribution in [0.1, 0.15) is 23.1 Å². The van der Waals surface area contributed by atoms with Crippen LogP contribution in [0.2, 0.25) is 0 Å². The highest BCUT2D eigenvalue weighted by atomic mass is 32.1. The standard InChI is InChI=1S/C13H17N3S/c1-4-10-7-15-6-5-11(10)13-16-9(2)12(17-13)8-14-3/h5-7,14H,4,8H2,1-3H3. The van der Waals surface area contributed by atoms with Crippen molar-refractivity contribution in [2.24, 2.45) is 0 Å². The maximum absolute atomic E-state index is 4.66. The molecule has 0 aliphatic carbocycles. The number of nitrogens with zero attached hydrogens (tertiary/aromatic N) is 2. The zero-order valence-corrected chi connectivity index (χ0v) is 11.3. The molecule has 0 bridgehead atoms. The van der Waals surface area contributed by atoms with Crippen molar-refractivity contribution < 1.29 is 0 Å². The number of aromatic nitrogens is 2. The van der Waals surface area contributed by atoms with E-state index in [1.165, 1.54) is 16.0 Å². The first-order valence-corrected chi connectivity index (χ1v) is 6.62. The van der Waals surface area contributed by atoms with Crippen molar-refractivity contribution in [3.63, 3.8) is 0 Å². The van der Waals surface area contributed by atoms with Crippen molar-refractivity contribution in [1.82, 2.24) is 15.3 Å². The molecule has 0 unspecified atom stereocenters. The van der Waals surface area contributed by atoms with E-state index < -0.39 is 0 Å². The zero-order chi connectivity index (χ0) is 12.3. The van der Waals surface area contributed by atoms with Gasteiger partial charge in [0, 0.05) is 29.4 Å². The van der Waals surface area contributed by atoms with Crippen LogP contribution in [0, 0.1) is 6.92 Å². The topological polar surface area (TPSA) is 37.8 Å². The van der Waals surface area contributed by atoms with E-state index in [0.717, 1.165) is 23.7 Å². The Kier molecular flexibility index (Phi) is 3.86. The van der Waals surface area contributed by atoms with Crippen molar-refractivity contribution in [2.45, 2.75) is 26.8 Å². The minimum atomic E-state index is 0.885. The Morgan fingerprint density at radius 2 is 2.24 bits per heavy atom. The predicted octanol–water partition coefficient (Wildman–Crippen LogP) is 2.80. The van der Waals surface area contributed by atoms with Crippen LogP contribution >= 0.6 is 11.3 Å². The number of pyridine rings is 1. The Morgan fingerprint density at radius 3 is 2.94 bits per heavy atom. The van der Waals surface area contributed by atoms with Gasteiger partial charge in [0.05, 0.1) is 5.69 Å². The Balaban J connectivity index is 2.42. The molecule has 2 aromatic heterocycles. The Morgan fingerprint density at radius 1 is 1.41 bits per heavy atom. The van der Waals surface area contributed by atoms with Gasteiger partial charge in [0.15, 0.2) is 0 Å². The molecule has 2 rings (SSSR count). The molecule has 0 fully saturated rings. The average Bonchev–Trinajstić information content (AvgIpc) is 2.71. The highest BCUT2D eigenvalue weighted by Gasteiger charge is 2.11. The van der Waals surface area contributed by atoms with Crippen LogP contribution in [0.15, 0.2) is 18.5 Å². The minimum Gasteiger partial charge on any atom is -0.315 e. The highest BCUT2D eigenvalue weighted by molar-refractivity contribution is 7.15. The second-order valence-electron chi connectivity index (χ2n) is 3.94. The first-order valence-electron chi connectivity index (χ1n) is 5.80. The van der Waals surface area contributed by atoms with E-state index in [-0.39, 0.29) is 0 Å². The van der Waals surface area contributed by atoms with Gasteiger partial charge in [-0.05, 0) is 32.0 Å². The molecular weight excluding hydrogens is 230 g/mol. The normalized spacial score (nSPS) is 10.8. The largest absolute Gasteiger partial charge is 0.315 e. The first-order chi connectivity index (χ1) is 8.26. The SMILES string of the molecule is CCc1cnccc1-c1nc(C)c(CNC)s1. The summed E-state index contributed by atoms with van der Waals surface area (Å²) in [5.41, 5.74) is 3.61. The Bertz CT molecular complexity index is 505.